The number of nitrogen functional groups attached to an aromatic ring is 1. The van der Waals surface area contributed by atoms with Crippen LogP contribution in [-0.2, 0) is 14.3 Å². The third kappa shape index (κ3) is 5.70. The van der Waals surface area contributed by atoms with E-state index in [2.05, 4.69) is 0 Å². The molecule has 0 aliphatic carbocycles. The van der Waals surface area contributed by atoms with Gasteiger partial charge in [-0.25, -0.2) is 0 Å². The topological polar surface area (TPSA) is 91.1 Å². The van der Waals surface area contributed by atoms with Crippen LogP contribution < -0.4 is 15.2 Å². The molecule has 0 aliphatic heterocycles. The normalized spacial score (nSPS) is 10.1. The zero-order valence-electron chi connectivity index (χ0n) is 14.8. The Morgan fingerprint density at radius 1 is 1.04 bits per heavy atom. The molecular formula is C19H22N2O5. The summed E-state index contributed by atoms with van der Waals surface area (Å²) in [5, 5.41) is 0. The largest absolute Gasteiger partial charge is 0.480 e. The molecule has 0 spiro atoms. The highest BCUT2D eigenvalue weighted by atomic mass is 16.5. The predicted molar refractivity (Wildman–Crippen MR) is 97.1 cm³/mol. The van der Waals surface area contributed by atoms with Crippen LogP contribution >= 0.6 is 0 Å². The van der Waals surface area contributed by atoms with E-state index >= 15 is 0 Å². The van der Waals surface area contributed by atoms with Crippen molar-refractivity contribution in [2.24, 2.45) is 0 Å². The Bertz CT molecular complexity index is 746. The molecule has 0 radical (unpaired) electrons. The summed E-state index contributed by atoms with van der Waals surface area (Å²) in [5.74, 6) is 0.678. The molecule has 0 saturated carbocycles. The molecule has 0 unspecified atom stereocenters. The fourth-order valence-corrected chi connectivity index (χ4v) is 2.05. The maximum absolute atomic E-state index is 12.1. The van der Waals surface area contributed by atoms with E-state index in [0.717, 1.165) is 0 Å². The van der Waals surface area contributed by atoms with Gasteiger partial charge in [0, 0.05) is 12.7 Å². The van der Waals surface area contributed by atoms with Crippen molar-refractivity contribution in [3.05, 3.63) is 48.5 Å². The first-order valence-corrected chi connectivity index (χ1v) is 8.14. The van der Waals surface area contributed by atoms with Gasteiger partial charge in [0.25, 0.3) is 5.91 Å². The quantitative estimate of drug-likeness (QED) is 0.576. The number of esters is 1. The number of hydrogen-bond acceptors (Lipinski definition) is 6. The van der Waals surface area contributed by atoms with Gasteiger partial charge in [-0.1, -0.05) is 12.1 Å². The lowest BCUT2D eigenvalue weighted by atomic mass is 10.3. The SMILES string of the molecule is CCOC(=O)CN(C)C(=O)COc1ccccc1Oc1ccc(N)cc1. The van der Waals surface area contributed by atoms with Gasteiger partial charge in [-0.05, 0) is 43.3 Å². The number of benzene rings is 2. The molecule has 1 amide bonds. The third-order valence-corrected chi connectivity index (χ3v) is 3.41. The van der Waals surface area contributed by atoms with Crippen LogP contribution in [0.4, 0.5) is 5.69 Å². The second-order valence-corrected chi connectivity index (χ2v) is 5.46. The zero-order chi connectivity index (χ0) is 18.9. The molecule has 0 saturated heterocycles. The van der Waals surface area contributed by atoms with Gasteiger partial charge in [-0.15, -0.1) is 0 Å². The zero-order valence-corrected chi connectivity index (χ0v) is 14.8. The summed E-state index contributed by atoms with van der Waals surface area (Å²) in [6.45, 7) is 1.63. The van der Waals surface area contributed by atoms with Gasteiger partial charge in [0.05, 0.1) is 6.61 Å². The number of nitrogens with two attached hydrogens (primary N) is 1. The van der Waals surface area contributed by atoms with Crippen molar-refractivity contribution in [1.29, 1.82) is 0 Å². The van der Waals surface area contributed by atoms with Gasteiger partial charge in [0.1, 0.15) is 12.3 Å². The first kappa shape index (κ1) is 19.1. The number of carbonyl (C=O) groups is 2. The predicted octanol–water partition coefficient (Wildman–Crippen LogP) is 2.46. The van der Waals surface area contributed by atoms with Crippen LogP contribution in [0.15, 0.2) is 48.5 Å². The van der Waals surface area contributed by atoms with E-state index in [9.17, 15) is 9.59 Å². The van der Waals surface area contributed by atoms with Gasteiger partial charge in [-0.2, -0.15) is 0 Å². The van der Waals surface area contributed by atoms with E-state index in [1.807, 2.05) is 0 Å². The Morgan fingerprint density at radius 3 is 2.35 bits per heavy atom. The van der Waals surface area contributed by atoms with Crippen molar-refractivity contribution < 1.29 is 23.8 Å². The molecule has 2 aromatic carbocycles. The molecule has 7 heteroatoms. The summed E-state index contributed by atoms with van der Waals surface area (Å²) < 4.78 is 16.2. The molecule has 0 bridgehead atoms. The number of likely N-dealkylation sites (N-methyl/N-ethyl adjacent to an activating group) is 1. The van der Waals surface area contributed by atoms with E-state index < -0.39 is 5.97 Å². The minimum Gasteiger partial charge on any atom is -0.480 e. The highest BCUT2D eigenvalue weighted by Crippen LogP contribution is 2.31. The number of para-hydroxylation sites is 2. The van der Waals surface area contributed by atoms with Crippen molar-refractivity contribution in [2.45, 2.75) is 6.92 Å². The maximum Gasteiger partial charge on any atom is 0.325 e. The lowest BCUT2D eigenvalue weighted by Crippen LogP contribution is -2.36. The van der Waals surface area contributed by atoms with Gasteiger partial charge < -0.3 is 24.8 Å². The van der Waals surface area contributed by atoms with Crippen LogP contribution in [0, 0.1) is 0 Å². The number of rotatable bonds is 8. The van der Waals surface area contributed by atoms with Gasteiger partial charge in [-0.3, -0.25) is 9.59 Å². The summed E-state index contributed by atoms with van der Waals surface area (Å²) in [7, 11) is 1.51. The van der Waals surface area contributed by atoms with E-state index in [0.29, 0.717) is 22.9 Å². The molecule has 0 aliphatic rings. The average Bonchev–Trinajstić information content (AvgIpc) is 2.62. The summed E-state index contributed by atoms with van der Waals surface area (Å²) in [6, 6.07) is 13.9. The van der Waals surface area contributed by atoms with Crippen LogP contribution in [0.25, 0.3) is 0 Å². The molecule has 2 aromatic rings. The molecule has 7 nitrogen and oxygen atoms in total. The van der Waals surface area contributed by atoms with Crippen LogP contribution in [0.2, 0.25) is 0 Å². The molecule has 2 N–H and O–H groups in total. The van der Waals surface area contributed by atoms with E-state index in [1.54, 1.807) is 55.5 Å². The first-order chi connectivity index (χ1) is 12.5. The first-order valence-electron chi connectivity index (χ1n) is 8.14. The van der Waals surface area contributed by atoms with Gasteiger partial charge in [0.2, 0.25) is 0 Å². The monoisotopic (exact) mass is 358 g/mol. The Hall–Kier alpha value is -3.22. The number of ether oxygens (including phenoxy) is 3. The number of carbonyl (C=O) groups excluding carboxylic acids is 2. The summed E-state index contributed by atoms with van der Waals surface area (Å²) >= 11 is 0. The third-order valence-electron chi connectivity index (χ3n) is 3.41. The summed E-state index contributed by atoms with van der Waals surface area (Å²) in [5.41, 5.74) is 6.29. The molecule has 138 valence electrons. The second kappa shape index (κ2) is 9.31. The van der Waals surface area contributed by atoms with Crippen LogP contribution in [0.3, 0.4) is 0 Å². The number of anilines is 1. The minimum atomic E-state index is -0.463. The minimum absolute atomic E-state index is 0.125. The molecule has 0 fully saturated rings. The maximum atomic E-state index is 12.1. The second-order valence-electron chi connectivity index (χ2n) is 5.46. The smallest absolute Gasteiger partial charge is 0.325 e. The number of nitrogens with zero attached hydrogens (tertiary/aromatic N) is 1. The van der Waals surface area contributed by atoms with E-state index in [4.69, 9.17) is 19.9 Å². The summed E-state index contributed by atoms with van der Waals surface area (Å²) in [4.78, 5) is 24.8. The molecule has 2 rings (SSSR count). The van der Waals surface area contributed by atoms with Crippen LogP contribution in [-0.4, -0.2) is 43.6 Å². The highest BCUT2D eigenvalue weighted by Gasteiger charge is 2.15. The average molecular weight is 358 g/mol. The number of hydrogen-bond donors (Lipinski definition) is 1. The van der Waals surface area contributed by atoms with Crippen molar-refractivity contribution in [3.63, 3.8) is 0 Å². The molecule has 0 aromatic heterocycles. The number of amides is 1. The van der Waals surface area contributed by atoms with Gasteiger partial charge >= 0.3 is 5.97 Å². The molecule has 0 heterocycles. The van der Waals surface area contributed by atoms with Crippen LogP contribution in [0.1, 0.15) is 6.92 Å². The fraction of sp³-hybridized carbons (Fsp3) is 0.263. The van der Waals surface area contributed by atoms with Crippen LogP contribution in [0.5, 0.6) is 17.2 Å². The Morgan fingerprint density at radius 2 is 1.69 bits per heavy atom. The lowest BCUT2D eigenvalue weighted by molar-refractivity contribution is -0.148. The standard InChI is InChI=1S/C19H22N2O5/c1-3-24-19(23)12-21(2)18(22)13-25-16-6-4-5-7-17(16)26-15-10-8-14(20)9-11-15/h4-11H,3,12-13,20H2,1-2H3. The van der Waals surface area contributed by atoms with Gasteiger partial charge in [0.15, 0.2) is 18.1 Å². The van der Waals surface area contributed by atoms with E-state index in [-0.39, 0.29) is 25.7 Å². The van der Waals surface area contributed by atoms with Crippen molar-refractivity contribution in [3.8, 4) is 17.2 Å². The lowest BCUT2D eigenvalue weighted by Gasteiger charge is -2.17. The highest BCUT2D eigenvalue weighted by molar-refractivity contribution is 5.82. The Kier molecular flexibility index (Phi) is 6.84. The molecule has 26 heavy (non-hydrogen) atoms. The van der Waals surface area contributed by atoms with Crippen molar-refractivity contribution in [1.82, 2.24) is 4.90 Å². The molecule has 0 atom stereocenters. The van der Waals surface area contributed by atoms with Crippen molar-refractivity contribution >= 4 is 17.6 Å². The fourth-order valence-electron chi connectivity index (χ4n) is 2.05. The van der Waals surface area contributed by atoms with E-state index in [1.165, 1.54) is 11.9 Å². The van der Waals surface area contributed by atoms with Crippen molar-refractivity contribution in [2.75, 3.05) is 32.5 Å². The molecular weight excluding hydrogens is 336 g/mol. The Balaban J connectivity index is 1.96. The summed E-state index contributed by atoms with van der Waals surface area (Å²) in [6.07, 6.45) is 0. The Labute approximate surface area is 152 Å².